The summed E-state index contributed by atoms with van der Waals surface area (Å²) in [6.07, 6.45) is 3.30. The molecule has 0 fully saturated rings. The second-order valence-corrected chi connectivity index (χ2v) is 7.84. The van der Waals surface area contributed by atoms with Crippen molar-refractivity contribution in [3.05, 3.63) is 48.0 Å². The number of hydrogen-bond donors (Lipinski definition) is 1. The molecule has 1 atom stereocenters. The summed E-state index contributed by atoms with van der Waals surface area (Å²) in [5, 5.41) is 0.920. The van der Waals surface area contributed by atoms with Crippen LogP contribution in [-0.2, 0) is 21.0 Å². The highest BCUT2D eigenvalue weighted by Crippen LogP contribution is 2.25. The molecule has 0 heterocycles. The van der Waals surface area contributed by atoms with Crippen molar-refractivity contribution in [1.29, 1.82) is 0 Å². The third-order valence-electron chi connectivity index (χ3n) is 3.27. The third-order valence-corrected chi connectivity index (χ3v) is 3.60. The lowest BCUT2D eigenvalue weighted by molar-refractivity contribution is -0.191. The fourth-order valence-electron chi connectivity index (χ4n) is 2.10. The highest BCUT2D eigenvalue weighted by atomic mass is 35.6. The number of amides is 2. The topological polar surface area (TPSA) is 77.1 Å². The van der Waals surface area contributed by atoms with Crippen LogP contribution in [0, 0.1) is 0 Å². The maximum atomic E-state index is 12.3. The van der Waals surface area contributed by atoms with E-state index in [1.807, 2.05) is 41.9 Å². The first-order valence-corrected chi connectivity index (χ1v) is 8.81. The van der Waals surface area contributed by atoms with E-state index in [0.717, 1.165) is 17.0 Å². The van der Waals surface area contributed by atoms with E-state index in [-0.39, 0.29) is 12.6 Å². The van der Waals surface area contributed by atoms with Crippen LogP contribution in [0.15, 0.2) is 42.5 Å². The molecular formula is C16H17Cl3N2O5. The number of ether oxygens (including phenoxy) is 2. The number of alkyl halides is 3. The standard InChI is InChI=1S/C16H17Cl3N2O5/c17-16(18,19)11-25-14(22)20-26-21(13-8-4-5-9-13)15(23)24-10-12-6-2-1-3-7-12/h1-4,6-8,13H,5,9-11H2,(H,20,22). The van der Waals surface area contributed by atoms with Gasteiger partial charge in [-0.05, 0) is 18.4 Å². The van der Waals surface area contributed by atoms with Gasteiger partial charge < -0.3 is 9.47 Å². The van der Waals surface area contributed by atoms with Gasteiger partial charge in [0.25, 0.3) is 0 Å². The van der Waals surface area contributed by atoms with Crippen LogP contribution in [0.5, 0.6) is 0 Å². The van der Waals surface area contributed by atoms with E-state index in [0.29, 0.717) is 6.42 Å². The average molecular weight is 424 g/mol. The van der Waals surface area contributed by atoms with Crippen molar-refractivity contribution in [2.45, 2.75) is 29.3 Å². The zero-order valence-electron chi connectivity index (χ0n) is 13.6. The van der Waals surface area contributed by atoms with Crippen LogP contribution in [0.1, 0.15) is 18.4 Å². The molecule has 1 aromatic carbocycles. The lowest BCUT2D eigenvalue weighted by Crippen LogP contribution is -2.44. The molecule has 2 rings (SSSR count). The molecule has 0 saturated carbocycles. The maximum Gasteiger partial charge on any atom is 0.436 e. The molecule has 1 aromatic rings. The van der Waals surface area contributed by atoms with Crippen LogP contribution < -0.4 is 5.48 Å². The molecule has 1 unspecified atom stereocenters. The normalized spacial score (nSPS) is 16.2. The van der Waals surface area contributed by atoms with Gasteiger partial charge in [0.2, 0.25) is 3.79 Å². The Bertz CT molecular complexity index is 637. The van der Waals surface area contributed by atoms with Crippen LogP contribution in [0.25, 0.3) is 0 Å². The molecule has 7 nitrogen and oxygen atoms in total. The van der Waals surface area contributed by atoms with Gasteiger partial charge in [-0.3, -0.25) is 0 Å². The molecular weight excluding hydrogens is 407 g/mol. The molecule has 0 radical (unpaired) electrons. The van der Waals surface area contributed by atoms with E-state index in [4.69, 9.17) is 44.5 Å². The molecule has 10 heteroatoms. The first-order valence-electron chi connectivity index (χ1n) is 7.68. The fourth-order valence-corrected chi connectivity index (χ4v) is 2.26. The number of nitrogens with one attached hydrogen (secondary N) is 1. The quantitative estimate of drug-likeness (QED) is 0.420. The van der Waals surface area contributed by atoms with Crippen molar-refractivity contribution >= 4 is 47.0 Å². The summed E-state index contributed by atoms with van der Waals surface area (Å²) < 4.78 is 8.13. The van der Waals surface area contributed by atoms with Gasteiger partial charge in [-0.2, -0.15) is 10.5 Å². The van der Waals surface area contributed by atoms with E-state index in [1.54, 1.807) is 6.08 Å². The molecule has 26 heavy (non-hydrogen) atoms. The Balaban J connectivity index is 1.87. The SMILES string of the molecule is O=C(NON(C(=O)OCc1ccccc1)C1C=CCC1)OCC(Cl)(Cl)Cl. The van der Waals surface area contributed by atoms with Gasteiger partial charge >= 0.3 is 12.2 Å². The first kappa shape index (κ1) is 20.6. The van der Waals surface area contributed by atoms with E-state index in [9.17, 15) is 9.59 Å². The van der Waals surface area contributed by atoms with Crippen LogP contribution in [0.3, 0.4) is 0 Å². The summed E-state index contributed by atoms with van der Waals surface area (Å²) in [6, 6.07) is 8.78. The summed E-state index contributed by atoms with van der Waals surface area (Å²) >= 11 is 16.5. The van der Waals surface area contributed by atoms with Gasteiger partial charge in [-0.15, -0.1) is 4.94 Å². The Morgan fingerprint density at radius 1 is 1.19 bits per heavy atom. The van der Waals surface area contributed by atoms with Crippen molar-refractivity contribution in [3.63, 3.8) is 0 Å². The monoisotopic (exact) mass is 422 g/mol. The molecule has 1 N–H and O–H groups in total. The number of rotatable bonds is 6. The van der Waals surface area contributed by atoms with Gasteiger partial charge in [0.15, 0.2) is 0 Å². The first-order chi connectivity index (χ1) is 12.3. The number of hydroxylamine groups is 3. The molecule has 0 aliphatic heterocycles. The molecule has 1 aliphatic carbocycles. The zero-order valence-corrected chi connectivity index (χ0v) is 15.8. The molecule has 0 aromatic heterocycles. The van der Waals surface area contributed by atoms with Crippen LogP contribution in [0.4, 0.5) is 9.59 Å². The number of carbonyl (C=O) groups is 2. The van der Waals surface area contributed by atoms with Gasteiger partial charge in [0.1, 0.15) is 13.2 Å². The number of halogens is 3. The second kappa shape index (κ2) is 9.87. The molecule has 0 bridgehead atoms. The Kier molecular flexibility index (Phi) is 7.84. The van der Waals surface area contributed by atoms with Crippen molar-refractivity contribution < 1.29 is 24.0 Å². The molecule has 142 valence electrons. The number of hydrogen-bond acceptors (Lipinski definition) is 5. The number of carbonyl (C=O) groups excluding carboxylic acids is 2. The fraction of sp³-hybridized carbons (Fsp3) is 0.375. The van der Waals surface area contributed by atoms with Crippen LogP contribution in [-0.4, -0.2) is 33.7 Å². The largest absolute Gasteiger partial charge is 0.443 e. The van der Waals surface area contributed by atoms with Crippen LogP contribution >= 0.6 is 34.8 Å². The minimum absolute atomic E-state index is 0.0632. The van der Waals surface area contributed by atoms with Gasteiger partial charge in [0, 0.05) is 0 Å². The Hall–Kier alpha value is -1.67. The van der Waals surface area contributed by atoms with E-state index >= 15 is 0 Å². The maximum absolute atomic E-state index is 12.3. The summed E-state index contributed by atoms with van der Waals surface area (Å²) in [4.78, 5) is 29.0. The van der Waals surface area contributed by atoms with Crippen LogP contribution in [0.2, 0.25) is 0 Å². The second-order valence-electron chi connectivity index (χ2n) is 5.32. The third kappa shape index (κ3) is 7.29. The van der Waals surface area contributed by atoms with E-state index in [2.05, 4.69) is 4.74 Å². The predicted octanol–water partition coefficient (Wildman–Crippen LogP) is 4.29. The van der Waals surface area contributed by atoms with Crippen molar-refractivity contribution in [1.82, 2.24) is 10.5 Å². The van der Waals surface area contributed by atoms with E-state index < -0.39 is 22.6 Å². The molecule has 1 aliphatic rings. The summed E-state index contributed by atoms with van der Waals surface area (Å²) in [6.45, 7) is -0.414. The van der Waals surface area contributed by atoms with Gasteiger partial charge in [0.05, 0.1) is 6.04 Å². The molecule has 0 spiro atoms. The average Bonchev–Trinajstić information content (AvgIpc) is 3.13. The van der Waals surface area contributed by atoms with Crippen molar-refractivity contribution in [2.75, 3.05) is 6.61 Å². The number of nitrogens with zero attached hydrogens (tertiary/aromatic N) is 1. The van der Waals surface area contributed by atoms with Gasteiger partial charge in [-0.1, -0.05) is 77.3 Å². The Morgan fingerprint density at radius 2 is 1.92 bits per heavy atom. The summed E-state index contributed by atoms with van der Waals surface area (Å²) in [5.74, 6) is 0. The minimum Gasteiger partial charge on any atom is -0.443 e. The van der Waals surface area contributed by atoms with Gasteiger partial charge in [-0.25, -0.2) is 9.59 Å². The Morgan fingerprint density at radius 3 is 2.54 bits per heavy atom. The highest BCUT2D eigenvalue weighted by Gasteiger charge is 2.28. The lowest BCUT2D eigenvalue weighted by Gasteiger charge is -2.25. The van der Waals surface area contributed by atoms with E-state index in [1.165, 1.54) is 0 Å². The number of allylic oxidation sites excluding steroid dienone is 1. The summed E-state index contributed by atoms with van der Waals surface area (Å²) in [7, 11) is 0. The molecule has 2 amide bonds. The van der Waals surface area contributed by atoms with Crippen molar-refractivity contribution in [3.8, 4) is 0 Å². The smallest absolute Gasteiger partial charge is 0.436 e. The van der Waals surface area contributed by atoms with Crippen molar-refractivity contribution in [2.24, 2.45) is 0 Å². The highest BCUT2D eigenvalue weighted by molar-refractivity contribution is 6.67. The lowest BCUT2D eigenvalue weighted by atomic mass is 10.2. The Labute approximate surface area is 165 Å². The minimum atomic E-state index is -1.75. The molecule has 0 saturated heterocycles. The summed E-state index contributed by atoms with van der Waals surface area (Å²) in [5.41, 5.74) is 2.78. The number of benzene rings is 1. The predicted molar refractivity (Wildman–Crippen MR) is 96.5 cm³/mol. The zero-order chi connectivity index (χ0) is 19.0.